The molecule has 0 aliphatic heterocycles. The number of nitrogens with one attached hydrogen (secondary N) is 1. The Morgan fingerprint density at radius 2 is 1.85 bits per heavy atom. The summed E-state index contributed by atoms with van der Waals surface area (Å²) in [5.41, 5.74) is 0. The Labute approximate surface area is 77.7 Å². The number of rotatable bonds is 6. The van der Waals surface area contributed by atoms with Gasteiger partial charge in [-0.25, -0.2) is 0 Å². The molecule has 0 saturated heterocycles. The molecule has 0 spiro atoms. The van der Waals surface area contributed by atoms with Crippen LogP contribution >= 0.6 is 0 Å². The topological polar surface area (TPSA) is 12.0 Å². The molecule has 0 heterocycles. The summed E-state index contributed by atoms with van der Waals surface area (Å²) in [6.07, 6.45) is -2.78. The van der Waals surface area contributed by atoms with Crippen LogP contribution in [-0.4, -0.2) is 18.8 Å². The molecule has 0 saturated carbocycles. The molecule has 0 aromatic rings. The van der Waals surface area contributed by atoms with Gasteiger partial charge in [-0.15, -0.1) is 0 Å². The first kappa shape index (κ1) is 12.8. The Hall–Kier alpha value is -0.250. The minimum Gasteiger partial charge on any atom is -0.314 e. The van der Waals surface area contributed by atoms with Crippen molar-refractivity contribution in [1.82, 2.24) is 5.32 Å². The Morgan fingerprint density at radius 3 is 2.23 bits per heavy atom. The van der Waals surface area contributed by atoms with Crippen LogP contribution in [0.1, 0.15) is 39.5 Å². The van der Waals surface area contributed by atoms with E-state index < -0.39 is 12.6 Å². The molecule has 1 atom stereocenters. The summed E-state index contributed by atoms with van der Waals surface area (Å²) in [6.45, 7) is 4.71. The first-order valence-electron chi connectivity index (χ1n) is 4.79. The van der Waals surface area contributed by atoms with Gasteiger partial charge in [0, 0.05) is 12.5 Å². The smallest absolute Gasteiger partial charge is 0.314 e. The van der Waals surface area contributed by atoms with Crippen molar-refractivity contribution in [3.05, 3.63) is 0 Å². The van der Waals surface area contributed by atoms with Crippen molar-refractivity contribution >= 4 is 0 Å². The van der Waals surface area contributed by atoms with Crippen LogP contribution in [0.4, 0.5) is 13.2 Å². The first-order chi connectivity index (χ1) is 5.99. The van der Waals surface area contributed by atoms with Gasteiger partial charge < -0.3 is 5.32 Å². The van der Waals surface area contributed by atoms with Crippen molar-refractivity contribution < 1.29 is 13.2 Å². The molecule has 0 aromatic heterocycles. The van der Waals surface area contributed by atoms with Gasteiger partial charge in [-0.2, -0.15) is 13.2 Å². The predicted octanol–water partition coefficient (Wildman–Crippen LogP) is 3.11. The first-order valence-corrected chi connectivity index (χ1v) is 4.79. The average Bonchev–Trinajstić information content (AvgIpc) is 2.03. The molecule has 0 radical (unpaired) electrons. The zero-order valence-corrected chi connectivity index (χ0v) is 8.25. The summed E-state index contributed by atoms with van der Waals surface area (Å²) in [4.78, 5) is 0. The maximum atomic E-state index is 11.8. The van der Waals surface area contributed by atoms with Gasteiger partial charge in [0.25, 0.3) is 0 Å². The van der Waals surface area contributed by atoms with Gasteiger partial charge in [-0.05, 0) is 25.8 Å². The van der Waals surface area contributed by atoms with E-state index in [1.807, 2.05) is 13.8 Å². The lowest BCUT2D eigenvalue weighted by molar-refractivity contribution is -0.136. The molecular formula is C9H18F3N. The lowest BCUT2D eigenvalue weighted by Gasteiger charge is -2.17. The van der Waals surface area contributed by atoms with Gasteiger partial charge in [-0.3, -0.25) is 0 Å². The van der Waals surface area contributed by atoms with Crippen molar-refractivity contribution in [2.45, 2.75) is 51.7 Å². The normalized spacial score (nSPS) is 14.5. The lowest BCUT2D eigenvalue weighted by Crippen LogP contribution is -2.30. The average molecular weight is 197 g/mol. The maximum Gasteiger partial charge on any atom is 0.389 e. The number of halogens is 3. The van der Waals surface area contributed by atoms with E-state index >= 15 is 0 Å². The van der Waals surface area contributed by atoms with Gasteiger partial charge in [0.05, 0.1) is 0 Å². The number of alkyl halides is 3. The number of hydrogen-bond acceptors (Lipinski definition) is 1. The van der Waals surface area contributed by atoms with Crippen LogP contribution in [0.3, 0.4) is 0 Å². The molecule has 0 fully saturated rings. The molecule has 1 nitrogen and oxygen atoms in total. The fourth-order valence-corrected chi connectivity index (χ4v) is 1.14. The van der Waals surface area contributed by atoms with E-state index in [1.165, 1.54) is 0 Å². The van der Waals surface area contributed by atoms with E-state index in [4.69, 9.17) is 0 Å². The molecule has 13 heavy (non-hydrogen) atoms. The van der Waals surface area contributed by atoms with Crippen molar-refractivity contribution in [3.8, 4) is 0 Å². The Kier molecular flexibility index (Phi) is 6.12. The van der Waals surface area contributed by atoms with Gasteiger partial charge in [-0.1, -0.05) is 13.8 Å². The van der Waals surface area contributed by atoms with E-state index in [-0.39, 0.29) is 12.5 Å². The number of hydrogen-bond donors (Lipinski definition) is 1. The fraction of sp³-hybridized carbons (Fsp3) is 1.00. The summed E-state index contributed by atoms with van der Waals surface area (Å²) in [6, 6.07) is 0.0153. The van der Waals surface area contributed by atoms with Crippen molar-refractivity contribution in [2.75, 3.05) is 6.54 Å². The van der Waals surface area contributed by atoms with E-state index in [1.54, 1.807) is 0 Å². The Bertz CT molecular complexity index is 123. The Morgan fingerprint density at radius 1 is 1.23 bits per heavy atom. The summed E-state index contributed by atoms with van der Waals surface area (Å²) in [5, 5.41) is 3.09. The molecule has 0 bridgehead atoms. The maximum absolute atomic E-state index is 11.8. The van der Waals surface area contributed by atoms with Crippen LogP contribution < -0.4 is 5.32 Å². The zero-order valence-electron chi connectivity index (χ0n) is 8.25. The van der Waals surface area contributed by atoms with Crippen molar-refractivity contribution in [3.63, 3.8) is 0 Å². The van der Waals surface area contributed by atoms with Crippen LogP contribution in [0.15, 0.2) is 0 Å². The van der Waals surface area contributed by atoms with E-state index in [2.05, 4.69) is 5.32 Å². The van der Waals surface area contributed by atoms with E-state index in [0.717, 1.165) is 19.4 Å². The molecule has 0 aliphatic carbocycles. The predicted molar refractivity (Wildman–Crippen MR) is 47.7 cm³/mol. The van der Waals surface area contributed by atoms with Crippen molar-refractivity contribution in [1.29, 1.82) is 0 Å². The molecule has 0 aromatic carbocycles. The van der Waals surface area contributed by atoms with Crippen LogP contribution in [0.5, 0.6) is 0 Å². The highest BCUT2D eigenvalue weighted by molar-refractivity contribution is 4.66. The molecule has 1 N–H and O–H groups in total. The van der Waals surface area contributed by atoms with Gasteiger partial charge in [0.2, 0.25) is 0 Å². The largest absolute Gasteiger partial charge is 0.389 e. The van der Waals surface area contributed by atoms with Gasteiger partial charge in [0.15, 0.2) is 0 Å². The van der Waals surface area contributed by atoms with Gasteiger partial charge >= 0.3 is 6.18 Å². The standard InChI is InChI=1S/C9H18F3N/c1-3-7-13-8(4-2)5-6-9(10,11)12/h8,13H,3-7H2,1-2H3. The lowest BCUT2D eigenvalue weighted by atomic mass is 10.1. The summed E-state index contributed by atoms with van der Waals surface area (Å²) in [7, 11) is 0. The Balaban J connectivity index is 3.59. The highest BCUT2D eigenvalue weighted by Crippen LogP contribution is 2.22. The molecule has 4 heteroatoms. The molecular weight excluding hydrogens is 179 g/mol. The van der Waals surface area contributed by atoms with Crippen LogP contribution in [0.2, 0.25) is 0 Å². The third-order valence-corrected chi connectivity index (χ3v) is 1.95. The van der Waals surface area contributed by atoms with E-state index in [0.29, 0.717) is 0 Å². The third-order valence-electron chi connectivity index (χ3n) is 1.95. The van der Waals surface area contributed by atoms with Crippen LogP contribution in [0, 0.1) is 0 Å². The molecule has 80 valence electrons. The highest BCUT2D eigenvalue weighted by atomic mass is 19.4. The highest BCUT2D eigenvalue weighted by Gasteiger charge is 2.27. The second-order valence-electron chi connectivity index (χ2n) is 3.21. The minimum atomic E-state index is -4.01. The molecule has 1 unspecified atom stereocenters. The summed E-state index contributed by atoms with van der Waals surface area (Å²) in [5.74, 6) is 0. The molecule has 0 rings (SSSR count). The second kappa shape index (κ2) is 6.24. The summed E-state index contributed by atoms with van der Waals surface area (Å²) >= 11 is 0. The summed E-state index contributed by atoms with van der Waals surface area (Å²) < 4.78 is 35.5. The van der Waals surface area contributed by atoms with Gasteiger partial charge in [0.1, 0.15) is 0 Å². The van der Waals surface area contributed by atoms with Crippen molar-refractivity contribution in [2.24, 2.45) is 0 Å². The monoisotopic (exact) mass is 197 g/mol. The minimum absolute atomic E-state index is 0.0153. The van der Waals surface area contributed by atoms with E-state index in [9.17, 15) is 13.2 Å². The SMILES string of the molecule is CCCNC(CC)CCC(F)(F)F. The third kappa shape index (κ3) is 8.09. The quantitative estimate of drug-likeness (QED) is 0.690. The molecule has 0 amide bonds. The fourth-order valence-electron chi connectivity index (χ4n) is 1.14. The van der Waals surface area contributed by atoms with Crippen LogP contribution in [0.25, 0.3) is 0 Å². The van der Waals surface area contributed by atoms with Crippen LogP contribution in [-0.2, 0) is 0 Å². The molecule has 0 aliphatic rings. The zero-order chi connectivity index (χ0) is 10.3. The second-order valence-corrected chi connectivity index (χ2v) is 3.21.